The standard InChI is InChI=1S/C16H18ClNO2/c1-3-18(4-2)16(19)11-20-15-10-9-14(17)12-7-5-6-8-13(12)15/h5-10H,3-4,11H2,1-2H3. The lowest BCUT2D eigenvalue weighted by atomic mass is 10.1. The van der Waals surface area contributed by atoms with Gasteiger partial charge in [0.05, 0.1) is 0 Å². The fourth-order valence-electron chi connectivity index (χ4n) is 2.17. The highest BCUT2D eigenvalue weighted by Gasteiger charge is 2.11. The Labute approximate surface area is 124 Å². The summed E-state index contributed by atoms with van der Waals surface area (Å²) < 4.78 is 5.67. The van der Waals surface area contributed by atoms with Gasteiger partial charge in [0.2, 0.25) is 0 Å². The predicted octanol–water partition coefficient (Wildman–Crippen LogP) is 3.74. The van der Waals surface area contributed by atoms with E-state index in [0.29, 0.717) is 23.9 Å². The molecule has 0 bridgehead atoms. The molecule has 0 aliphatic carbocycles. The monoisotopic (exact) mass is 291 g/mol. The van der Waals surface area contributed by atoms with E-state index in [2.05, 4.69) is 0 Å². The highest BCUT2D eigenvalue weighted by atomic mass is 35.5. The van der Waals surface area contributed by atoms with Crippen molar-refractivity contribution in [2.75, 3.05) is 19.7 Å². The molecule has 0 saturated carbocycles. The van der Waals surface area contributed by atoms with Gasteiger partial charge < -0.3 is 9.64 Å². The number of amides is 1. The van der Waals surface area contributed by atoms with Gasteiger partial charge >= 0.3 is 0 Å². The molecular formula is C16H18ClNO2. The Balaban J connectivity index is 2.19. The van der Waals surface area contributed by atoms with Crippen LogP contribution in [-0.2, 0) is 4.79 Å². The minimum atomic E-state index is -0.00553. The Bertz CT molecular complexity index is 608. The molecule has 0 radical (unpaired) electrons. The number of carbonyl (C=O) groups excluding carboxylic acids is 1. The summed E-state index contributed by atoms with van der Waals surface area (Å²) in [5.74, 6) is 0.680. The number of nitrogens with zero attached hydrogens (tertiary/aromatic N) is 1. The number of hydrogen-bond donors (Lipinski definition) is 0. The van der Waals surface area contributed by atoms with E-state index in [1.165, 1.54) is 0 Å². The van der Waals surface area contributed by atoms with E-state index in [-0.39, 0.29) is 12.5 Å². The number of likely N-dealkylation sites (N-methyl/N-ethyl adjacent to an activating group) is 1. The molecule has 2 rings (SSSR count). The van der Waals surface area contributed by atoms with Crippen LogP contribution in [0.5, 0.6) is 5.75 Å². The van der Waals surface area contributed by atoms with E-state index >= 15 is 0 Å². The first kappa shape index (κ1) is 14.7. The third-order valence-corrected chi connectivity index (χ3v) is 3.63. The van der Waals surface area contributed by atoms with Crippen molar-refractivity contribution in [2.45, 2.75) is 13.8 Å². The lowest BCUT2D eigenvalue weighted by Gasteiger charge is -2.19. The quantitative estimate of drug-likeness (QED) is 0.840. The number of ether oxygens (including phenoxy) is 1. The molecule has 4 heteroatoms. The van der Waals surface area contributed by atoms with Gasteiger partial charge in [0, 0.05) is 28.9 Å². The van der Waals surface area contributed by atoms with E-state index in [0.717, 1.165) is 10.8 Å². The number of benzene rings is 2. The van der Waals surface area contributed by atoms with E-state index in [1.807, 2.05) is 38.1 Å². The minimum Gasteiger partial charge on any atom is -0.483 e. The summed E-state index contributed by atoms with van der Waals surface area (Å²) >= 11 is 6.16. The SMILES string of the molecule is CCN(CC)C(=O)COc1ccc(Cl)c2ccccc12. The van der Waals surface area contributed by atoms with Gasteiger partial charge in [0.15, 0.2) is 6.61 Å². The van der Waals surface area contributed by atoms with Crippen LogP contribution in [0, 0.1) is 0 Å². The van der Waals surface area contributed by atoms with E-state index < -0.39 is 0 Å². The Morgan fingerprint density at radius 1 is 1.10 bits per heavy atom. The number of halogens is 1. The van der Waals surface area contributed by atoms with Crippen LogP contribution in [0.3, 0.4) is 0 Å². The molecule has 2 aromatic rings. The molecule has 0 spiro atoms. The summed E-state index contributed by atoms with van der Waals surface area (Å²) in [7, 11) is 0. The molecule has 0 aromatic heterocycles. The summed E-state index contributed by atoms with van der Waals surface area (Å²) in [6.45, 7) is 5.35. The molecule has 0 saturated heterocycles. The largest absolute Gasteiger partial charge is 0.483 e. The zero-order chi connectivity index (χ0) is 14.5. The van der Waals surface area contributed by atoms with Crippen LogP contribution in [0.15, 0.2) is 36.4 Å². The molecule has 1 amide bonds. The second-order valence-electron chi connectivity index (χ2n) is 4.45. The fourth-order valence-corrected chi connectivity index (χ4v) is 2.40. The maximum atomic E-state index is 12.0. The van der Waals surface area contributed by atoms with Crippen molar-refractivity contribution in [1.82, 2.24) is 4.90 Å². The molecule has 0 atom stereocenters. The van der Waals surface area contributed by atoms with E-state index in [4.69, 9.17) is 16.3 Å². The van der Waals surface area contributed by atoms with Crippen LogP contribution in [0.4, 0.5) is 0 Å². The van der Waals surface area contributed by atoms with E-state index in [9.17, 15) is 4.79 Å². The van der Waals surface area contributed by atoms with Gasteiger partial charge in [-0.15, -0.1) is 0 Å². The minimum absolute atomic E-state index is 0.00553. The van der Waals surface area contributed by atoms with Crippen molar-refractivity contribution in [1.29, 1.82) is 0 Å². The summed E-state index contributed by atoms with van der Waals surface area (Å²) in [6.07, 6.45) is 0. The average Bonchev–Trinajstić information content (AvgIpc) is 2.48. The molecule has 0 fully saturated rings. The molecule has 0 aliphatic heterocycles. The fraction of sp³-hybridized carbons (Fsp3) is 0.312. The van der Waals surface area contributed by atoms with Gasteiger partial charge in [0.25, 0.3) is 5.91 Å². The van der Waals surface area contributed by atoms with Crippen LogP contribution in [0.2, 0.25) is 5.02 Å². The topological polar surface area (TPSA) is 29.5 Å². The first-order chi connectivity index (χ1) is 9.67. The highest BCUT2D eigenvalue weighted by molar-refractivity contribution is 6.35. The van der Waals surface area contributed by atoms with Gasteiger partial charge in [-0.2, -0.15) is 0 Å². The summed E-state index contributed by atoms with van der Waals surface area (Å²) in [5.41, 5.74) is 0. The lowest BCUT2D eigenvalue weighted by Crippen LogP contribution is -2.34. The summed E-state index contributed by atoms with van der Waals surface area (Å²) in [4.78, 5) is 13.7. The van der Waals surface area contributed by atoms with Crippen molar-refractivity contribution in [3.8, 4) is 5.75 Å². The van der Waals surface area contributed by atoms with Gasteiger partial charge in [0.1, 0.15) is 5.75 Å². The molecular weight excluding hydrogens is 274 g/mol. The highest BCUT2D eigenvalue weighted by Crippen LogP contribution is 2.31. The van der Waals surface area contributed by atoms with Gasteiger partial charge in [-0.25, -0.2) is 0 Å². The molecule has 0 unspecified atom stereocenters. The third kappa shape index (κ3) is 3.05. The van der Waals surface area contributed by atoms with Crippen molar-refractivity contribution in [3.63, 3.8) is 0 Å². The summed E-state index contributed by atoms with van der Waals surface area (Å²) in [5, 5.41) is 2.54. The third-order valence-electron chi connectivity index (χ3n) is 3.30. The Kier molecular flexibility index (Phi) is 4.85. The van der Waals surface area contributed by atoms with Crippen molar-refractivity contribution >= 4 is 28.3 Å². The average molecular weight is 292 g/mol. The molecule has 0 heterocycles. The molecule has 106 valence electrons. The van der Waals surface area contributed by atoms with Gasteiger partial charge in [-0.3, -0.25) is 4.79 Å². The number of hydrogen-bond acceptors (Lipinski definition) is 2. The summed E-state index contributed by atoms with van der Waals surface area (Å²) in [6, 6.07) is 11.3. The first-order valence-corrected chi connectivity index (χ1v) is 7.13. The number of carbonyl (C=O) groups is 1. The number of rotatable bonds is 5. The Morgan fingerprint density at radius 3 is 2.40 bits per heavy atom. The maximum absolute atomic E-state index is 12.0. The van der Waals surface area contributed by atoms with Gasteiger partial charge in [-0.1, -0.05) is 35.9 Å². The van der Waals surface area contributed by atoms with Crippen LogP contribution in [0.1, 0.15) is 13.8 Å². The maximum Gasteiger partial charge on any atom is 0.260 e. The second-order valence-corrected chi connectivity index (χ2v) is 4.85. The van der Waals surface area contributed by atoms with Crippen LogP contribution in [0.25, 0.3) is 10.8 Å². The zero-order valence-electron chi connectivity index (χ0n) is 11.7. The molecule has 0 N–H and O–H groups in total. The van der Waals surface area contributed by atoms with Crippen molar-refractivity contribution < 1.29 is 9.53 Å². The molecule has 3 nitrogen and oxygen atoms in total. The zero-order valence-corrected chi connectivity index (χ0v) is 12.5. The van der Waals surface area contributed by atoms with E-state index in [1.54, 1.807) is 17.0 Å². The van der Waals surface area contributed by atoms with Crippen LogP contribution < -0.4 is 4.74 Å². The van der Waals surface area contributed by atoms with Crippen molar-refractivity contribution in [2.24, 2.45) is 0 Å². The molecule has 20 heavy (non-hydrogen) atoms. The van der Waals surface area contributed by atoms with Crippen molar-refractivity contribution in [3.05, 3.63) is 41.4 Å². The second kappa shape index (κ2) is 6.62. The van der Waals surface area contributed by atoms with Crippen LogP contribution >= 0.6 is 11.6 Å². The van der Waals surface area contributed by atoms with Gasteiger partial charge in [-0.05, 0) is 26.0 Å². The Morgan fingerprint density at radius 2 is 1.75 bits per heavy atom. The van der Waals surface area contributed by atoms with Crippen LogP contribution in [-0.4, -0.2) is 30.5 Å². The first-order valence-electron chi connectivity index (χ1n) is 6.75. The predicted molar refractivity (Wildman–Crippen MR) is 82.4 cm³/mol. The molecule has 0 aliphatic rings. The normalized spacial score (nSPS) is 10.6. The smallest absolute Gasteiger partial charge is 0.260 e. The number of fused-ring (bicyclic) bond motifs is 1. The lowest BCUT2D eigenvalue weighted by molar-refractivity contribution is -0.132. The molecule has 2 aromatic carbocycles. The Hall–Kier alpha value is -1.74.